The number of likely N-dealkylation sites (tertiary alicyclic amines) is 1. The van der Waals surface area contributed by atoms with Crippen molar-refractivity contribution in [2.45, 2.75) is 38.8 Å². The topological polar surface area (TPSA) is 29.5 Å². The molecule has 3 heteroatoms. The Morgan fingerprint density at radius 3 is 2.33 bits per heavy atom. The molecule has 0 spiro atoms. The van der Waals surface area contributed by atoms with Gasteiger partial charge in [-0.2, -0.15) is 0 Å². The summed E-state index contributed by atoms with van der Waals surface area (Å²) in [5, 5.41) is 0. The van der Waals surface area contributed by atoms with Gasteiger partial charge in [0.2, 0.25) is 0 Å². The van der Waals surface area contributed by atoms with Crippen LogP contribution >= 0.6 is 0 Å². The van der Waals surface area contributed by atoms with E-state index in [2.05, 4.69) is 4.90 Å². The molecule has 1 atom stereocenters. The minimum atomic E-state index is -0.0411. The molecule has 1 fully saturated rings. The first-order valence-electron chi connectivity index (χ1n) is 4.68. The van der Waals surface area contributed by atoms with Crippen LogP contribution in [0.1, 0.15) is 32.6 Å². The number of hydrogen-bond acceptors (Lipinski definition) is 3. The summed E-state index contributed by atoms with van der Waals surface area (Å²) in [7, 11) is 0. The maximum absolute atomic E-state index is 10.1. The first kappa shape index (κ1) is 9.52. The van der Waals surface area contributed by atoms with Crippen LogP contribution in [0.3, 0.4) is 0 Å². The van der Waals surface area contributed by atoms with Crippen molar-refractivity contribution in [3.63, 3.8) is 0 Å². The third-order valence-corrected chi connectivity index (χ3v) is 2.41. The molecule has 0 aromatic heterocycles. The van der Waals surface area contributed by atoms with Crippen LogP contribution in [0.15, 0.2) is 0 Å². The Bertz CT molecular complexity index is 130. The van der Waals surface area contributed by atoms with E-state index in [1.54, 1.807) is 0 Å². The predicted octanol–water partition coefficient (Wildman–Crippen LogP) is 1.38. The summed E-state index contributed by atoms with van der Waals surface area (Å²) in [5.41, 5.74) is 0. The van der Waals surface area contributed by atoms with Gasteiger partial charge in [-0.3, -0.25) is 9.69 Å². The minimum Gasteiger partial charge on any atom is -0.449 e. The van der Waals surface area contributed by atoms with Crippen molar-refractivity contribution in [1.29, 1.82) is 0 Å². The lowest BCUT2D eigenvalue weighted by atomic mass is 10.2. The van der Waals surface area contributed by atoms with Crippen molar-refractivity contribution in [2.24, 2.45) is 0 Å². The van der Waals surface area contributed by atoms with Gasteiger partial charge in [-0.1, -0.05) is 12.8 Å². The molecular formula is C9H17NO2. The van der Waals surface area contributed by atoms with Gasteiger partial charge in [0.15, 0.2) is 6.23 Å². The van der Waals surface area contributed by atoms with E-state index < -0.39 is 0 Å². The Morgan fingerprint density at radius 2 is 1.83 bits per heavy atom. The van der Waals surface area contributed by atoms with Crippen LogP contribution in [0.2, 0.25) is 0 Å². The van der Waals surface area contributed by atoms with Crippen molar-refractivity contribution in [1.82, 2.24) is 4.90 Å². The lowest BCUT2D eigenvalue weighted by molar-refractivity contribution is -0.141. The maximum atomic E-state index is 10.1. The van der Waals surface area contributed by atoms with Crippen molar-refractivity contribution in [2.75, 3.05) is 13.1 Å². The number of ether oxygens (including phenoxy) is 1. The van der Waals surface area contributed by atoms with E-state index in [9.17, 15) is 4.79 Å². The van der Waals surface area contributed by atoms with E-state index in [0.717, 1.165) is 13.1 Å². The zero-order chi connectivity index (χ0) is 8.81. The monoisotopic (exact) mass is 171 g/mol. The van der Waals surface area contributed by atoms with Crippen molar-refractivity contribution in [3.05, 3.63) is 0 Å². The largest absolute Gasteiger partial charge is 0.449 e. The van der Waals surface area contributed by atoms with Crippen LogP contribution < -0.4 is 0 Å². The average molecular weight is 171 g/mol. The molecule has 0 aromatic carbocycles. The molecule has 1 heterocycles. The Hall–Kier alpha value is -0.570. The summed E-state index contributed by atoms with van der Waals surface area (Å²) in [6.45, 7) is 4.60. The molecule has 12 heavy (non-hydrogen) atoms. The molecule has 0 amide bonds. The van der Waals surface area contributed by atoms with Gasteiger partial charge in [-0.25, -0.2) is 0 Å². The van der Waals surface area contributed by atoms with Crippen LogP contribution in [-0.2, 0) is 9.53 Å². The normalized spacial score (nSPS) is 22.8. The molecule has 0 aromatic rings. The highest BCUT2D eigenvalue weighted by Crippen LogP contribution is 2.12. The highest BCUT2D eigenvalue weighted by Gasteiger charge is 2.15. The number of carbonyl (C=O) groups is 1. The Kier molecular flexibility index (Phi) is 4.08. The molecule has 3 nitrogen and oxygen atoms in total. The fraction of sp³-hybridized carbons (Fsp3) is 0.889. The van der Waals surface area contributed by atoms with Crippen molar-refractivity contribution in [3.8, 4) is 0 Å². The lowest BCUT2D eigenvalue weighted by Crippen LogP contribution is -2.35. The second-order valence-corrected chi connectivity index (χ2v) is 3.28. The van der Waals surface area contributed by atoms with E-state index in [1.165, 1.54) is 25.7 Å². The van der Waals surface area contributed by atoms with Gasteiger partial charge >= 0.3 is 0 Å². The molecule has 0 saturated carbocycles. The maximum Gasteiger partial charge on any atom is 0.294 e. The molecule has 0 aliphatic carbocycles. The molecule has 70 valence electrons. The molecule has 0 N–H and O–H groups in total. The summed E-state index contributed by atoms with van der Waals surface area (Å²) >= 11 is 0. The molecule has 1 saturated heterocycles. The van der Waals surface area contributed by atoms with E-state index in [-0.39, 0.29) is 6.23 Å². The first-order chi connectivity index (χ1) is 5.84. The van der Waals surface area contributed by atoms with E-state index in [1.807, 2.05) is 6.92 Å². The molecule has 1 aliphatic heterocycles. The van der Waals surface area contributed by atoms with Crippen LogP contribution in [0, 0.1) is 0 Å². The van der Waals surface area contributed by atoms with Gasteiger partial charge < -0.3 is 4.74 Å². The molecule has 1 rings (SSSR count). The van der Waals surface area contributed by atoms with E-state index in [0.29, 0.717) is 6.47 Å². The summed E-state index contributed by atoms with van der Waals surface area (Å²) in [6, 6.07) is 0. The summed E-state index contributed by atoms with van der Waals surface area (Å²) in [5.74, 6) is 0. The van der Waals surface area contributed by atoms with Crippen molar-refractivity contribution < 1.29 is 9.53 Å². The van der Waals surface area contributed by atoms with Gasteiger partial charge in [-0.15, -0.1) is 0 Å². The fourth-order valence-electron chi connectivity index (χ4n) is 1.63. The molecular weight excluding hydrogens is 154 g/mol. The van der Waals surface area contributed by atoms with Gasteiger partial charge in [0, 0.05) is 13.1 Å². The van der Waals surface area contributed by atoms with E-state index >= 15 is 0 Å². The number of carbonyl (C=O) groups excluding carboxylic acids is 1. The highest BCUT2D eigenvalue weighted by atomic mass is 16.5. The summed E-state index contributed by atoms with van der Waals surface area (Å²) < 4.78 is 4.88. The zero-order valence-electron chi connectivity index (χ0n) is 7.66. The number of hydrogen-bond donors (Lipinski definition) is 0. The first-order valence-corrected chi connectivity index (χ1v) is 4.68. The standard InChI is InChI=1S/C9H17NO2/c1-9(12-8-11)10-6-4-2-3-5-7-10/h8-9H,2-7H2,1H3. The smallest absolute Gasteiger partial charge is 0.294 e. The molecule has 1 unspecified atom stereocenters. The lowest BCUT2D eigenvalue weighted by Gasteiger charge is -2.25. The summed E-state index contributed by atoms with van der Waals surface area (Å²) in [4.78, 5) is 12.3. The minimum absolute atomic E-state index is 0.0411. The van der Waals surface area contributed by atoms with Gasteiger partial charge in [0.25, 0.3) is 6.47 Å². The van der Waals surface area contributed by atoms with Gasteiger partial charge in [0.05, 0.1) is 0 Å². The molecule has 0 radical (unpaired) electrons. The zero-order valence-corrected chi connectivity index (χ0v) is 7.66. The Balaban J connectivity index is 2.31. The quantitative estimate of drug-likeness (QED) is 0.601. The third kappa shape index (κ3) is 2.81. The average Bonchev–Trinajstić information content (AvgIpc) is 2.32. The number of nitrogens with zero attached hydrogens (tertiary/aromatic N) is 1. The van der Waals surface area contributed by atoms with E-state index in [4.69, 9.17) is 4.74 Å². The van der Waals surface area contributed by atoms with Crippen LogP contribution in [0.5, 0.6) is 0 Å². The van der Waals surface area contributed by atoms with Crippen LogP contribution in [0.25, 0.3) is 0 Å². The predicted molar refractivity (Wildman–Crippen MR) is 46.7 cm³/mol. The Morgan fingerprint density at radius 1 is 1.25 bits per heavy atom. The number of rotatable bonds is 3. The molecule has 1 aliphatic rings. The van der Waals surface area contributed by atoms with Crippen LogP contribution in [-0.4, -0.2) is 30.7 Å². The fourth-order valence-corrected chi connectivity index (χ4v) is 1.63. The second kappa shape index (κ2) is 5.14. The van der Waals surface area contributed by atoms with Crippen LogP contribution in [0.4, 0.5) is 0 Å². The second-order valence-electron chi connectivity index (χ2n) is 3.28. The molecule has 0 bridgehead atoms. The van der Waals surface area contributed by atoms with Crippen molar-refractivity contribution >= 4 is 6.47 Å². The van der Waals surface area contributed by atoms with Gasteiger partial charge in [-0.05, 0) is 19.8 Å². The Labute approximate surface area is 73.7 Å². The summed E-state index contributed by atoms with van der Waals surface area (Å²) in [6.07, 6.45) is 5.04. The van der Waals surface area contributed by atoms with Gasteiger partial charge in [0.1, 0.15) is 0 Å². The SMILES string of the molecule is CC(OC=O)N1CCCCCC1. The highest BCUT2D eigenvalue weighted by molar-refractivity contribution is 5.37. The third-order valence-electron chi connectivity index (χ3n) is 2.41.